The van der Waals surface area contributed by atoms with Gasteiger partial charge >= 0.3 is 5.69 Å². The summed E-state index contributed by atoms with van der Waals surface area (Å²) in [5.74, 6) is 1.27. The molecule has 39 heavy (non-hydrogen) atoms. The van der Waals surface area contributed by atoms with Crippen LogP contribution in [0, 0.1) is 27.4 Å². The Morgan fingerprint density at radius 1 is 1.26 bits per heavy atom. The first-order chi connectivity index (χ1) is 18.5. The molecular weight excluding hydrogens is 512 g/mol. The third-order valence-corrected chi connectivity index (χ3v) is 8.13. The van der Waals surface area contributed by atoms with Crippen molar-refractivity contribution in [2.45, 2.75) is 52.4 Å². The van der Waals surface area contributed by atoms with Gasteiger partial charge in [0.1, 0.15) is 16.6 Å². The molecule has 2 aromatic carbocycles. The lowest BCUT2D eigenvalue weighted by molar-refractivity contribution is -0.385. The molecule has 1 aliphatic carbocycles. The lowest BCUT2D eigenvalue weighted by Crippen LogP contribution is -2.14. The largest absolute Gasteiger partial charge is 0.450 e. The number of ether oxygens (including phenoxy) is 1. The fraction of sp³-hybridized carbons (Fsp3) is 0.300. The summed E-state index contributed by atoms with van der Waals surface area (Å²) in [5.41, 5.74) is 2.17. The van der Waals surface area contributed by atoms with Crippen LogP contribution >= 0.6 is 11.3 Å². The molecule has 0 saturated carbocycles. The number of thiophene rings is 1. The fourth-order valence-electron chi connectivity index (χ4n) is 4.80. The molecule has 4 aromatic rings. The van der Waals surface area contributed by atoms with E-state index in [1.54, 1.807) is 18.2 Å². The Morgan fingerprint density at radius 3 is 2.67 bits per heavy atom. The van der Waals surface area contributed by atoms with E-state index >= 15 is 0 Å². The zero-order chi connectivity index (χ0) is 27.9. The zero-order valence-corrected chi connectivity index (χ0v) is 23.0. The van der Waals surface area contributed by atoms with Gasteiger partial charge in [-0.15, -0.1) is 11.3 Å². The molecule has 9 heteroatoms. The molecule has 1 N–H and O–H groups in total. The summed E-state index contributed by atoms with van der Waals surface area (Å²) >= 11 is 1.50. The van der Waals surface area contributed by atoms with E-state index in [0.717, 1.165) is 30.4 Å². The first kappa shape index (κ1) is 26.3. The highest BCUT2D eigenvalue weighted by molar-refractivity contribution is 7.18. The predicted octanol–water partition coefficient (Wildman–Crippen LogP) is 7.17. The van der Waals surface area contributed by atoms with Crippen molar-refractivity contribution >= 4 is 38.9 Å². The summed E-state index contributed by atoms with van der Waals surface area (Å²) in [7, 11) is 0. The van der Waals surface area contributed by atoms with E-state index in [2.05, 4.69) is 43.7 Å². The number of aryl methyl sites for hydroxylation is 1. The minimum atomic E-state index is -0.522. The van der Waals surface area contributed by atoms with Crippen LogP contribution in [0.4, 0.5) is 5.69 Å². The van der Waals surface area contributed by atoms with Crippen LogP contribution in [-0.2, 0) is 18.3 Å². The Balaban J connectivity index is 1.47. The van der Waals surface area contributed by atoms with Gasteiger partial charge in [-0.1, -0.05) is 45.9 Å². The number of hydrogen-bond acceptors (Lipinski definition) is 7. The standard InChI is InChI=1S/C30H28N4O4S/c1-17-5-11-22-25(13-17)39-29-26(22)28(35)32-27(33-29)19(16-31)14-18-6-12-24(23(15-18)34(36)37)38-21-9-7-20(8-10-21)30(2,3)4/h6-10,12,14-15,17H,5,11,13H2,1-4H3,(H,32,33,35)/b19-14-. The molecule has 0 radical (unpaired) electrons. The molecule has 2 aromatic heterocycles. The number of H-pyrrole nitrogens is 1. The second-order valence-electron chi connectivity index (χ2n) is 11.0. The van der Waals surface area contributed by atoms with Gasteiger partial charge in [0.05, 0.1) is 15.9 Å². The van der Waals surface area contributed by atoms with Crippen molar-refractivity contribution in [2.75, 3.05) is 0 Å². The molecule has 1 atom stereocenters. The van der Waals surface area contributed by atoms with Crippen molar-refractivity contribution in [2.24, 2.45) is 5.92 Å². The Labute approximate surface area is 229 Å². The molecule has 0 fully saturated rings. The zero-order valence-electron chi connectivity index (χ0n) is 22.2. The van der Waals surface area contributed by atoms with Gasteiger partial charge in [0.25, 0.3) is 5.56 Å². The third kappa shape index (κ3) is 5.33. The van der Waals surface area contributed by atoms with Gasteiger partial charge in [-0.2, -0.15) is 5.26 Å². The van der Waals surface area contributed by atoms with E-state index in [9.17, 15) is 20.2 Å². The first-order valence-electron chi connectivity index (χ1n) is 12.8. The maximum atomic E-state index is 13.0. The van der Waals surface area contributed by atoms with Crippen molar-refractivity contribution in [3.05, 3.63) is 90.3 Å². The van der Waals surface area contributed by atoms with E-state index in [1.165, 1.54) is 34.4 Å². The van der Waals surface area contributed by atoms with E-state index in [1.807, 2.05) is 12.1 Å². The average molecular weight is 541 g/mol. The van der Waals surface area contributed by atoms with E-state index in [-0.39, 0.29) is 33.8 Å². The SMILES string of the molecule is CC1CCc2c(sc3nc(/C(C#N)=C\c4ccc(Oc5ccc(C(C)(C)C)cc5)c([N+](=O)[O-])c4)[nH]c(=O)c23)C1. The summed E-state index contributed by atoms with van der Waals surface area (Å²) < 4.78 is 5.83. The molecule has 198 valence electrons. The van der Waals surface area contributed by atoms with Gasteiger partial charge in [-0.05, 0) is 71.6 Å². The number of nitro groups is 1. The number of rotatable bonds is 5. The van der Waals surface area contributed by atoms with E-state index in [4.69, 9.17) is 4.74 Å². The van der Waals surface area contributed by atoms with Gasteiger partial charge in [-0.3, -0.25) is 14.9 Å². The number of hydrogen-bond donors (Lipinski definition) is 1. The van der Waals surface area contributed by atoms with Crippen LogP contribution in [0.2, 0.25) is 0 Å². The Morgan fingerprint density at radius 2 is 2.00 bits per heavy atom. The summed E-state index contributed by atoms with van der Waals surface area (Å²) in [4.78, 5) is 33.5. The number of allylic oxidation sites excluding steroid dienone is 1. The van der Waals surface area contributed by atoms with Gasteiger partial charge < -0.3 is 9.72 Å². The Bertz CT molecular complexity index is 1720. The van der Waals surface area contributed by atoms with Gasteiger partial charge in [0, 0.05) is 10.9 Å². The molecule has 0 saturated heterocycles. The molecule has 2 heterocycles. The molecule has 0 bridgehead atoms. The highest BCUT2D eigenvalue weighted by Crippen LogP contribution is 2.37. The quantitative estimate of drug-likeness (QED) is 0.163. The molecule has 0 spiro atoms. The summed E-state index contributed by atoms with van der Waals surface area (Å²) in [5, 5.41) is 22.3. The van der Waals surface area contributed by atoms with Crippen molar-refractivity contribution in [1.82, 2.24) is 9.97 Å². The van der Waals surface area contributed by atoms with Crippen molar-refractivity contribution < 1.29 is 9.66 Å². The molecule has 0 amide bonds. The maximum absolute atomic E-state index is 13.0. The Hall–Kier alpha value is -4.29. The van der Waals surface area contributed by atoms with Crippen LogP contribution < -0.4 is 10.3 Å². The lowest BCUT2D eigenvalue weighted by Gasteiger charge is -2.19. The van der Waals surface area contributed by atoms with Crippen LogP contribution in [-0.4, -0.2) is 14.9 Å². The van der Waals surface area contributed by atoms with Crippen LogP contribution in [0.5, 0.6) is 11.5 Å². The number of nitrogens with one attached hydrogen (secondary N) is 1. The predicted molar refractivity (Wildman–Crippen MR) is 153 cm³/mol. The van der Waals surface area contributed by atoms with Crippen molar-refractivity contribution in [3.63, 3.8) is 0 Å². The van der Waals surface area contributed by atoms with Crippen LogP contribution in [0.1, 0.15) is 61.5 Å². The summed E-state index contributed by atoms with van der Waals surface area (Å²) in [6.45, 7) is 8.51. The average Bonchev–Trinajstić information content (AvgIpc) is 3.25. The van der Waals surface area contributed by atoms with Crippen LogP contribution in [0.25, 0.3) is 21.9 Å². The first-order valence-corrected chi connectivity index (χ1v) is 13.6. The summed E-state index contributed by atoms with van der Waals surface area (Å²) in [6.07, 6.45) is 4.28. The molecule has 1 aliphatic rings. The number of benzene rings is 2. The highest BCUT2D eigenvalue weighted by atomic mass is 32.1. The number of nitro benzene ring substituents is 1. The molecule has 8 nitrogen and oxygen atoms in total. The van der Waals surface area contributed by atoms with Crippen molar-refractivity contribution in [3.8, 4) is 17.6 Å². The number of aromatic nitrogens is 2. The maximum Gasteiger partial charge on any atom is 0.312 e. The molecule has 1 unspecified atom stereocenters. The number of fused-ring (bicyclic) bond motifs is 3. The minimum Gasteiger partial charge on any atom is -0.450 e. The molecule has 0 aliphatic heterocycles. The molecular formula is C30H28N4O4S. The lowest BCUT2D eigenvalue weighted by atomic mass is 9.87. The number of aromatic amines is 1. The minimum absolute atomic E-state index is 0.0257. The third-order valence-electron chi connectivity index (χ3n) is 6.98. The van der Waals surface area contributed by atoms with Gasteiger partial charge in [-0.25, -0.2) is 4.98 Å². The van der Waals surface area contributed by atoms with E-state index < -0.39 is 4.92 Å². The topological polar surface area (TPSA) is 122 Å². The van der Waals surface area contributed by atoms with Gasteiger partial charge in [0.2, 0.25) is 5.75 Å². The second-order valence-corrected chi connectivity index (χ2v) is 12.1. The highest BCUT2D eigenvalue weighted by Gasteiger charge is 2.24. The number of nitrogens with zero attached hydrogens (tertiary/aromatic N) is 3. The second kappa shape index (κ2) is 10.1. The normalized spacial score (nSPS) is 15.6. The van der Waals surface area contributed by atoms with Crippen LogP contribution in [0.3, 0.4) is 0 Å². The molecule has 5 rings (SSSR count). The van der Waals surface area contributed by atoms with Crippen LogP contribution in [0.15, 0.2) is 47.3 Å². The monoisotopic (exact) mass is 540 g/mol. The summed E-state index contributed by atoms with van der Waals surface area (Å²) in [6, 6.07) is 14.0. The number of nitriles is 1. The van der Waals surface area contributed by atoms with Crippen molar-refractivity contribution in [1.29, 1.82) is 5.26 Å². The fourth-order valence-corrected chi connectivity index (χ4v) is 6.18. The van der Waals surface area contributed by atoms with Gasteiger partial charge in [0.15, 0.2) is 5.82 Å². The smallest absolute Gasteiger partial charge is 0.312 e. The van der Waals surface area contributed by atoms with E-state index in [0.29, 0.717) is 27.4 Å². The Kier molecular flexibility index (Phi) is 6.83.